The topological polar surface area (TPSA) is 18.5 Å². The van der Waals surface area contributed by atoms with Gasteiger partial charge in [0.25, 0.3) is 0 Å². The Morgan fingerprint density at radius 3 is 2.40 bits per heavy atom. The van der Waals surface area contributed by atoms with Crippen molar-refractivity contribution in [1.82, 2.24) is 0 Å². The van der Waals surface area contributed by atoms with Crippen molar-refractivity contribution >= 4 is 5.76 Å². The number of hydrogen-bond donors (Lipinski definition) is 0. The third-order valence-corrected chi connectivity index (χ3v) is 3.37. The van der Waals surface area contributed by atoms with Crippen LogP contribution < -0.4 is 4.74 Å². The minimum Gasteiger partial charge on any atom is -0.497 e. The number of benzene rings is 2. The summed E-state index contributed by atoms with van der Waals surface area (Å²) >= 11 is 0. The van der Waals surface area contributed by atoms with Gasteiger partial charge in [0, 0.05) is 11.5 Å². The van der Waals surface area contributed by atoms with Crippen LogP contribution in [0, 0.1) is 0 Å². The van der Waals surface area contributed by atoms with Crippen LogP contribution in [0.4, 0.5) is 0 Å². The highest BCUT2D eigenvalue weighted by molar-refractivity contribution is 5.63. The van der Waals surface area contributed by atoms with E-state index in [-0.39, 0.29) is 5.92 Å². The second-order valence-electron chi connectivity index (χ2n) is 4.64. The molecule has 0 aromatic heterocycles. The number of hydrogen-bond acceptors (Lipinski definition) is 2. The largest absolute Gasteiger partial charge is 0.497 e. The number of methoxy groups -OCH3 is 1. The Labute approximate surface area is 119 Å². The van der Waals surface area contributed by atoms with Crippen molar-refractivity contribution in [3.63, 3.8) is 0 Å². The number of ether oxygens (including phenoxy) is 2. The van der Waals surface area contributed by atoms with Crippen molar-refractivity contribution in [1.29, 1.82) is 0 Å². The molecule has 0 N–H and O–H groups in total. The molecule has 0 spiro atoms. The van der Waals surface area contributed by atoms with Crippen LogP contribution in [0.25, 0.3) is 5.76 Å². The van der Waals surface area contributed by atoms with Gasteiger partial charge in [-0.25, -0.2) is 0 Å². The first kappa shape index (κ1) is 12.5. The molecule has 0 radical (unpaired) electrons. The van der Waals surface area contributed by atoms with E-state index in [1.807, 2.05) is 30.3 Å². The molecule has 0 amide bonds. The summed E-state index contributed by atoms with van der Waals surface area (Å²) in [7, 11) is 1.67. The van der Waals surface area contributed by atoms with E-state index in [2.05, 4.69) is 36.4 Å². The molecule has 0 bridgehead atoms. The molecule has 20 heavy (non-hydrogen) atoms. The lowest BCUT2D eigenvalue weighted by Crippen LogP contribution is -1.99. The van der Waals surface area contributed by atoms with Crippen LogP contribution >= 0.6 is 0 Å². The van der Waals surface area contributed by atoms with Gasteiger partial charge in [0.1, 0.15) is 11.5 Å². The number of allylic oxidation sites excluding steroid dienone is 2. The van der Waals surface area contributed by atoms with Crippen LogP contribution in [0.1, 0.15) is 17.0 Å². The highest BCUT2D eigenvalue weighted by Crippen LogP contribution is 2.29. The molecule has 3 rings (SSSR count). The summed E-state index contributed by atoms with van der Waals surface area (Å²) in [6.07, 6.45) is 5.96. The molecule has 1 atom stereocenters. The van der Waals surface area contributed by atoms with E-state index in [9.17, 15) is 0 Å². The first-order chi connectivity index (χ1) is 9.86. The molecule has 100 valence electrons. The van der Waals surface area contributed by atoms with E-state index in [4.69, 9.17) is 9.47 Å². The summed E-state index contributed by atoms with van der Waals surface area (Å²) in [5.74, 6) is 1.98. The SMILES string of the molecule is COc1ccc(C2=CC(c3ccccc3)C=CO2)cc1. The van der Waals surface area contributed by atoms with Gasteiger partial charge in [-0.05, 0) is 42.0 Å². The Morgan fingerprint density at radius 2 is 1.70 bits per heavy atom. The third kappa shape index (κ3) is 2.59. The van der Waals surface area contributed by atoms with Gasteiger partial charge < -0.3 is 9.47 Å². The molecular weight excluding hydrogens is 248 g/mol. The van der Waals surface area contributed by atoms with Gasteiger partial charge in [-0.1, -0.05) is 30.3 Å². The highest BCUT2D eigenvalue weighted by Gasteiger charge is 2.13. The zero-order chi connectivity index (χ0) is 13.8. The molecule has 0 fully saturated rings. The van der Waals surface area contributed by atoms with E-state index in [1.54, 1.807) is 13.4 Å². The van der Waals surface area contributed by atoms with Crippen molar-refractivity contribution < 1.29 is 9.47 Å². The first-order valence-electron chi connectivity index (χ1n) is 6.61. The molecule has 2 aromatic rings. The Kier molecular flexibility index (Phi) is 3.55. The minimum atomic E-state index is 0.252. The van der Waals surface area contributed by atoms with Gasteiger partial charge in [0.2, 0.25) is 0 Å². The summed E-state index contributed by atoms with van der Waals surface area (Å²) in [6.45, 7) is 0. The quantitative estimate of drug-likeness (QED) is 0.819. The van der Waals surface area contributed by atoms with Crippen molar-refractivity contribution in [2.75, 3.05) is 7.11 Å². The Balaban J connectivity index is 1.88. The van der Waals surface area contributed by atoms with Gasteiger partial charge in [0.05, 0.1) is 13.4 Å². The first-order valence-corrected chi connectivity index (χ1v) is 6.61. The maximum atomic E-state index is 5.63. The van der Waals surface area contributed by atoms with Crippen LogP contribution in [0.3, 0.4) is 0 Å². The van der Waals surface area contributed by atoms with Gasteiger partial charge >= 0.3 is 0 Å². The number of rotatable bonds is 3. The Morgan fingerprint density at radius 1 is 0.950 bits per heavy atom. The van der Waals surface area contributed by atoms with Gasteiger partial charge in [-0.2, -0.15) is 0 Å². The van der Waals surface area contributed by atoms with E-state index < -0.39 is 0 Å². The zero-order valence-corrected chi connectivity index (χ0v) is 11.3. The molecule has 1 heterocycles. The fourth-order valence-electron chi connectivity index (χ4n) is 2.26. The molecule has 0 saturated carbocycles. The molecule has 1 unspecified atom stereocenters. The molecule has 0 saturated heterocycles. The standard InChI is InChI=1S/C18H16O2/c1-19-17-9-7-15(8-10-17)18-13-16(11-12-20-18)14-5-3-2-4-6-14/h2-13,16H,1H3. The molecule has 1 aliphatic heterocycles. The van der Waals surface area contributed by atoms with Crippen molar-refractivity contribution in [3.8, 4) is 5.75 Å². The lowest BCUT2D eigenvalue weighted by Gasteiger charge is -2.17. The van der Waals surface area contributed by atoms with Crippen LogP contribution in [-0.2, 0) is 4.74 Å². The Hall–Kier alpha value is -2.48. The van der Waals surface area contributed by atoms with Gasteiger partial charge in [0.15, 0.2) is 0 Å². The smallest absolute Gasteiger partial charge is 0.130 e. The third-order valence-electron chi connectivity index (χ3n) is 3.37. The second kappa shape index (κ2) is 5.66. The Bertz CT molecular complexity index is 624. The van der Waals surface area contributed by atoms with Gasteiger partial charge in [-0.15, -0.1) is 0 Å². The van der Waals surface area contributed by atoms with Crippen LogP contribution in [0.2, 0.25) is 0 Å². The fourth-order valence-corrected chi connectivity index (χ4v) is 2.26. The molecule has 2 nitrogen and oxygen atoms in total. The lowest BCUT2D eigenvalue weighted by atomic mass is 9.96. The maximum Gasteiger partial charge on any atom is 0.130 e. The molecular formula is C18H16O2. The predicted octanol–water partition coefficient (Wildman–Crippen LogP) is 4.36. The minimum absolute atomic E-state index is 0.252. The fraction of sp³-hybridized carbons (Fsp3) is 0.111. The highest BCUT2D eigenvalue weighted by atomic mass is 16.5. The van der Waals surface area contributed by atoms with Crippen molar-refractivity contribution in [2.24, 2.45) is 0 Å². The summed E-state index contributed by atoms with van der Waals surface area (Å²) in [6, 6.07) is 18.3. The van der Waals surface area contributed by atoms with Gasteiger partial charge in [-0.3, -0.25) is 0 Å². The van der Waals surface area contributed by atoms with Crippen LogP contribution in [-0.4, -0.2) is 7.11 Å². The van der Waals surface area contributed by atoms with E-state index in [0.29, 0.717) is 0 Å². The van der Waals surface area contributed by atoms with E-state index >= 15 is 0 Å². The summed E-state index contributed by atoms with van der Waals surface area (Å²) in [5.41, 5.74) is 2.31. The normalized spacial score (nSPS) is 17.2. The molecule has 1 aliphatic rings. The predicted molar refractivity (Wildman–Crippen MR) is 80.4 cm³/mol. The zero-order valence-electron chi connectivity index (χ0n) is 11.3. The average molecular weight is 264 g/mol. The van der Waals surface area contributed by atoms with Crippen LogP contribution in [0.5, 0.6) is 5.75 Å². The summed E-state index contributed by atoms with van der Waals surface area (Å²) in [5, 5.41) is 0. The van der Waals surface area contributed by atoms with Crippen LogP contribution in [0.15, 0.2) is 73.0 Å². The van der Waals surface area contributed by atoms with Crippen molar-refractivity contribution in [3.05, 3.63) is 84.1 Å². The summed E-state index contributed by atoms with van der Waals surface area (Å²) < 4.78 is 10.8. The van der Waals surface area contributed by atoms with E-state index in [1.165, 1.54) is 5.56 Å². The monoisotopic (exact) mass is 264 g/mol. The molecule has 2 aromatic carbocycles. The van der Waals surface area contributed by atoms with E-state index in [0.717, 1.165) is 17.1 Å². The second-order valence-corrected chi connectivity index (χ2v) is 4.64. The molecule has 2 heteroatoms. The molecule has 0 aliphatic carbocycles. The average Bonchev–Trinajstić information content (AvgIpc) is 2.56. The lowest BCUT2D eigenvalue weighted by molar-refractivity contribution is 0.413. The maximum absolute atomic E-state index is 5.63. The van der Waals surface area contributed by atoms with Crippen molar-refractivity contribution in [2.45, 2.75) is 5.92 Å². The summed E-state index contributed by atoms with van der Waals surface area (Å²) in [4.78, 5) is 0.